The maximum Gasteiger partial charge on any atom is 0.230 e. The van der Waals surface area contributed by atoms with Gasteiger partial charge in [0.2, 0.25) is 5.91 Å². The van der Waals surface area contributed by atoms with Crippen LogP contribution in [0.15, 0.2) is 18.2 Å². The molecule has 0 atom stereocenters. The third kappa shape index (κ3) is 2.85. The summed E-state index contributed by atoms with van der Waals surface area (Å²) in [6.07, 6.45) is 2.85. The Morgan fingerprint density at radius 3 is 2.62 bits per heavy atom. The van der Waals surface area contributed by atoms with Gasteiger partial charge in [-0.3, -0.25) is 4.79 Å². The fourth-order valence-corrected chi connectivity index (χ4v) is 2.76. The molecule has 1 heterocycles. The third-order valence-electron chi connectivity index (χ3n) is 4.29. The van der Waals surface area contributed by atoms with Crippen LogP contribution in [0.3, 0.4) is 0 Å². The lowest BCUT2D eigenvalue weighted by molar-refractivity contribution is -0.123. The number of fused-ring (bicyclic) bond motifs is 1. The fourth-order valence-electron chi connectivity index (χ4n) is 2.76. The average molecular weight is 289 g/mol. The van der Waals surface area contributed by atoms with Gasteiger partial charge in [-0.2, -0.15) is 0 Å². The molecule has 4 nitrogen and oxygen atoms in total. The molecule has 1 saturated carbocycles. The number of nitrogens with one attached hydrogen (secondary N) is 1. The van der Waals surface area contributed by atoms with Crippen LogP contribution in [0.1, 0.15) is 38.7 Å². The lowest BCUT2D eigenvalue weighted by atomic mass is 9.94. The Hall–Kier alpha value is -1.71. The van der Waals surface area contributed by atoms with Crippen LogP contribution in [0.5, 0.6) is 11.5 Å². The Labute approximate surface area is 125 Å². The molecule has 1 amide bonds. The molecule has 1 aliphatic carbocycles. The van der Waals surface area contributed by atoms with Crippen molar-refractivity contribution in [1.29, 1.82) is 0 Å². The fraction of sp³-hybridized carbons (Fsp3) is 0.588. The Balaban J connectivity index is 1.71. The number of amides is 1. The Morgan fingerprint density at radius 1 is 1.24 bits per heavy atom. The normalized spacial score (nSPS) is 18.4. The highest BCUT2D eigenvalue weighted by atomic mass is 16.6. The smallest absolute Gasteiger partial charge is 0.230 e. The van der Waals surface area contributed by atoms with Crippen molar-refractivity contribution in [2.75, 3.05) is 19.8 Å². The van der Waals surface area contributed by atoms with Crippen molar-refractivity contribution in [3.8, 4) is 11.5 Å². The van der Waals surface area contributed by atoms with Crippen LogP contribution < -0.4 is 14.8 Å². The average Bonchev–Trinajstić information content (AvgIpc) is 3.28. The highest BCUT2D eigenvalue weighted by Crippen LogP contribution is 2.50. The predicted molar refractivity (Wildman–Crippen MR) is 80.8 cm³/mol. The van der Waals surface area contributed by atoms with Crippen LogP contribution in [-0.4, -0.2) is 25.7 Å². The molecule has 0 bridgehead atoms. The van der Waals surface area contributed by atoms with Gasteiger partial charge in [-0.05, 0) is 42.9 Å². The van der Waals surface area contributed by atoms with Gasteiger partial charge in [0.1, 0.15) is 13.2 Å². The van der Waals surface area contributed by atoms with Crippen molar-refractivity contribution < 1.29 is 14.3 Å². The highest BCUT2D eigenvalue weighted by molar-refractivity contribution is 5.91. The molecule has 3 rings (SSSR count). The molecular formula is C17H23NO3. The van der Waals surface area contributed by atoms with Gasteiger partial charge >= 0.3 is 0 Å². The van der Waals surface area contributed by atoms with E-state index in [-0.39, 0.29) is 11.3 Å². The maximum atomic E-state index is 12.5. The molecule has 21 heavy (non-hydrogen) atoms. The van der Waals surface area contributed by atoms with Crippen LogP contribution >= 0.6 is 0 Å². The largest absolute Gasteiger partial charge is 0.486 e. The first-order valence-electron chi connectivity index (χ1n) is 7.80. The van der Waals surface area contributed by atoms with Gasteiger partial charge in [-0.25, -0.2) is 0 Å². The second kappa shape index (κ2) is 5.58. The van der Waals surface area contributed by atoms with Crippen LogP contribution in [0, 0.1) is 5.92 Å². The van der Waals surface area contributed by atoms with Gasteiger partial charge in [-0.1, -0.05) is 19.9 Å². The number of ether oxygens (including phenoxy) is 2. The molecule has 0 spiro atoms. The molecule has 1 aliphatic heterocycles. The molecule has 1 fully saturated rings. The zero-order chi connectivity index (χ0) is 14.9. The minimum atomic E-state index is -0.340. The number of rotatable bonds is 5. The third-order valence-corrected chi connectivity index (χ3v) is 4.29. The lowest BCUT2D eigenvalue weighted by Gasteiger charge is -2.21. The van der Waals surface area contributed by atoms with Crippen molar-refractivity contribution in [3.63, 3.8) is 0 Å². The summed E-state index contributed by atoms with van der Waals surface area (Å²) in [6, 6.07) is 5.90. The van der Waals surface area contributed by atoms with Crippen LogP contribution in [0.4, 0.5) is 0 Å². The molecule has 0 unspecified atom stereocenters. The Kier molecular flexibility index (Phi) is 3.79. The van der Waals surface area contributed by atoms with Gasteiger partial charge in [0.05, 0.1) is 5.41 Å². The SMILES string of the molecule is CC(C)CCNC(=O)C1(c2ccc3c(c2)OCCO3)CC1. The minimum absolute atomic E-state index is 0.153. The molecule has 1 aromatic rings. The van der Waals surface area contributed by atoms with E-state index in [1.165, 1.54) is 0 Å². The van der Waals surface area contributed by atoms with E-state index in [9.17, 15) is 4.79 Å². The van der Waals surface area contributed by atoms with E-state index < -0.39 is 0 Å². The minimum Gasteiger partial charge on any atom is -0.486 e. The molecule has 1 aromatic carbocycles. The molecule has 4 heteroatoms. The summed E-state index contributed by atoms with van der Waals surface area (Å²) in [5, 5.41) is 3.08. The first-order chi connectivity index (χ1) is 10.1. The van der Waals surface area contributed by atoms with Crippen molar-refractivity contribution >= 4 is 5.91 Å². The second-order valence-electron chi connectivity index (χ2n) is 6.38. The first kappa shape index (κ1) is 14.2. The molecule has 1 N–H and O–H groups in total. The summed E-state index contributed by atoms with van der Waals surface area (Å²) in [7, 11) is 0. The van der Waals surface area contributed by atoms with Gasteiger partial charge in [-0.15, -0.1) is 0 Å². The molecule has 0 radical (unpaired) electrons. The van der Waals surface area contributed by atoms with Crippen molar-refractivity contribution in [1.82, 2.24) is 5.32 Å². The lowest BCUT2D eigenvalue weighted by Crippen LogP contribution is -2.35. The van der Waals surface area contributed by atoms with Crippen LogP contribution in [0.25, 0.3) is 0 Å². The van der Waals surface area contributed by atoms with Crippen molar-refractivity contribution in [3.05, 3.63) is 23.8 Å². The first-order valence-corrected chi connectivity index (χ1v) is 7.80. The summed E-state index contributed by atoms with van der Waals surface area (Å²) in [6.45, 7) is 6.25. The summed E-state index contributed by atoms with van der Waals surface area (Å²) in [5.41, 5.74) is 0.709. The van der Waals surface area contributed by atoms with E-state index in [0.717, 1.165) is 42.9 Å². The molecule has 0 aromatic heterocycles. The predicted octanol–water partition coefficient (Wildman–Crippen LogP) is 2.65. The van der Waals surface area contributed by atoms with Crippen molar-refractivity contribution in [2.24, 2.45) is 5.92 Å². The van der Waals surface area contributed by atoms with Crippen LogP contribution in [0.2, 0.25) is 0 Å². The summed E-state index contributed by atoms with van der Waals surface area (Å²) in [4.78, 5) is 12.5. The van der Waals surface area contributed by atoms with Gasteiger partial charge in [0.15, 0.2) is 11.5 Å². The van der Waals surface area contributed by atoms with E-state index in [2.05, 4.69) is 19.2 Å². The van der Waals surface area contributed by atoms with Gasteiger partial charge in [0, 0.05) is 6.54 Å². The summed E-state index contributed by atoms with van der Waals surface area (Å²) < 4.78 is 11.2. The highest BCUT2D eigenvalue weighted by Gasteiger charge is 2.51. The number of carbonyl (C=O) groups is 1. The number of carbonyl (C=O) groups excluding carboxylic acids is 1. The van der Waals surface area contributed by atoms with Crippen molar-refractivity contribution in [2.45, 2.75) is 38.5 Å². The van der Waals surface area contributed by atoms with E-state index in [0.29, 0.717) is 19.1 Å². The zero-order valence-electron chi connectivity index (χ0n) is 12.8. The zero-order valence-corrected chi connectivity index (χ0v) is 12.8. The second-order valence-corrected chi connectivity index (χ2v) is 6.38. The Morgan fingerprint density at radius 2 is 1.95 bits per heavy atom. The van der Waals surface area contributed by atoms with Crippen LogP contribution in [-0.2, 0) is 10.2 Å². The standard InChI is InChI=1S/C17H23NO3/c1-12(2)5-8-18-16(19)17(6-7-17)13-3-4-14-15(11-13)21-10-9-20-14/h3-4,11-12H,5-10H2,1-2H3,(H,18,19). The monoisotopic (exact) mass is 289 g/mol. The molecule has 0 saturated heterocycles. The topological polar surface area (TPSA) is 47.6 Å². The van der Waals surface area contributed by atoms with Gasteiger partial charge < -0.3 is 14.8 Å². The number of hydrogen-bond acceptors (Lipinski definition) is 3. The van der Waals surface area contributed by atoms with E-state index in [1.54, 1.807) is 0 Å². The summed E-state index contributed by atoms with van der Waals surface area (Å²) in [5.74, 6) is 2.30. The number of benzene rings is 1. The Bertz CT molecular complexity index is 535. The quantitative estimate of drug-likeness (QED) is 0.906. The van der Waals surface area contributed by atoms with E-state index >= 15 is 0 Å². The maximum absolute atomic E-state index is 12.5. The molecule has 114 valence electrons. The van der Waals surface area contributed by atoms with Gasteiger partial charge in [0.25, 0.3) is 0 Å². The van der Waals surface area contributed by atoms with E-state index in [4.69, 9.17) is 9.47 Å². The molecule has 2 aliphatic rings. The summed E-state index contributed by atoms with van der Waals surface area (Å²) >= 11 is 0. The van der Waals surface area contributed by atoms with E-state index in [1.807, 2.05) is 18.2 Å². The number of hydrogen-bond donors (Lipinski definition) is 1. The molecular weight excluding hydrogens is 266 g/mol.